The number of likely N-dealkylation sites (N-methyl/N-ethyl adjacent to an activating group) is 1. The minimum atomic E-state index is 0. The third-order valence-corrected chi connectivity index (χ3v) is 3.16. The number of guanidine groups is 1. The first kappa shape index (κ1) is 17.7. The molecule has 1 aliphatic rings. The number of hydrogen-bond acceptors (Lipinski definition) is 5. The average molecular weight is 403 g/mol. The van der Waals surface area contributed by atoms with E-state index in [4.69, 9.17) is 0 Å². The molecule has 0 saturated heterocycles. The van der Waals surface area contributed by atoms with Crippen molar-refractivity contribution < 1.29 is 4.79 Å². The van der Waals surface area contributed by atoms with Crippen molar-refractivity contribution in [3.05, 3.63) is 30.1 Å². The zero-order valence-corrected chi connectivity index (χ0v) is 14.5. The van der Waals surface area contributed by atoms with Crippen LogP contribution in [0.5, 0.6) is 0 Å². The first-order valence-corrected chi connectivity index (χ1v) is 6.92. The predicted octanol–water partition coefficient (Wildman–Crippen LogP) is 0.639. The highest BCUT2D eigenvalue weighted by molar-refractivity contribution is 14.0. The Balaban J connectivity index is 0.00000220. The first-order chi connectivity index (χ1) is 9.75. The van der Waals surface area contributed by atoms with E-state index in [0.717, 1.165) is 37.6 Å². The minimum absolute atomic E-state index is 0. The van der Waals surface area contributed by atoms with Crippen LogP contribution >= 0.6 is 24.0 Å². The van der Waals surface area contributed by atoms with Crippen LogP contribution in [0.15, 0.2) is 29.4 Å². The smallest absolute Gasteiger partial charge is 0.241 e. The lowest BCUT2D eigenvalue weighted by Crippen LogP contribution is -2.45. The van der Waals surface area contributed by atoms with E-state index in [-0.39, 0.29) is 36.4 Å². The summed E-state index contributed by atoms with van der Waals surface area (Å²) >= 11 is 0. The number of aromatic nitrogens is 1. The highest BCUT2D eigenvalue weighted by Gasteiger charge is 2.10. The van der Waals surface area contributed by atoms with Gasteiger partial charge in [-0.05, 0) is 18.6 Å². The largest absolute Gasteiger partial charge is 0.356 e. The molecule has 21 heavy (non-hydrogen) atoms. The van der Waals surface area contributed by atoms with Gasteiger partial charge < -0.3 is 15.5 Å². The molecule has 0 radical (unpaired) electrons. The molecule has 0 saturated carbocycles. The lowest BCUT2D eigenvalue weighted by Gasteiger charge is -2.19. The lowest BCUT2D eigenvalue weighted by atomic mass is 10.2. The minimum Gasteiger partial charge on any atom is -0.356 e. The van der Waals surface area contributed by atoms with Crippen LogP contribution in [0.3, 0.4) is 0 Å². The van der Waals surface area contributed by atoms with Gasteiger partial charge >= 0.3 is 0 Å². The van der Waals surface area contributed by atoms with Gasteiger partial charge in [-0.25, -0.2) is 0 Å². The quantitative estimate of drug-likeness (QED) is 0.709. The molecule has 0 fully saturated rings. The number of aliphatic imine (C=N–C) groups is 1. The number of carbonyl (C=O) groups excluding carboxylic acids is 1. The maximum absolute atomic E-state index is 12.0. The van der Waals surface area contributed by atoms with Gasteiger partial charge in [0.2, 0.25) is 5.91 Å². The molecule has 0 unspecified atom stereocenters. The van der Waals surface area contributed by atoms with Crippen LogP contribution in [-0.4, -0.2) is 55.0 Å². The highest BCUT2D eigenvalue weighted by atomic mass is 127. The summed E-state index contributed by atoms with van der Waals surface area (Å²) in [5.74, 6) is 0.777. The number of pyridine rings is 1. The van der Waals surface area contributed by atoms with Crippen LogP contribution < -0.4 is 10.6 Å². The summed E-state index contributed by atoms with van der Waals surface area (Å²) in [5, 5.41) is 6.16. The summed E-state index contributed by atoms with van der Waals surface area (Å²) in [6, 6.07) is 5.82. The molecule has 2 rings (SSSR count). The monoisotopic (exact) mass is 403 g/mol. The summed E-state index contributed by atoms with van der Waals surface area (Å²) in [6.45, 7) is 2.66. The Morgan fingerprint density at radius 3 is 3.00 bits per heavy atom. The van der Waals surface area contributed by atoms with Crippen molar-refractivity contribution in [1.29, 1.82) is 0 Å². The zero-order chi connectivity index (χ0) is 14.2. The van der Waals surface area contributed by atoms with Gasteiger partial charge in [0.05, 0.1) is 6.54 Å². The number of amides is 1. The van der Waals surface area contributed by atoms with Crippen LogP contribution in [0, 0.1) is 0 Å². The van der Waals surface area contributed by atoms with Crippen molar-refractivity contribution in [1.82, 2.24) is 20.5 Å². The summed E-state index contributed by atoms with van der Waals surface area (Å²) in [5.41, 5.74) is 0.999. The summed E-state index contributed by atoms with van der Waals surface area (Å²) in [6.07, 6.45) is 3.58. The molecule has 0 atom stereocenters. The molecule has 0 aromatic carbocycles. The van der Waals surface area contributed by atoms with Crippen molar-refractivity contribution >= 4 is 35.8 Å². The number of nitrogens with one attached hydrogen (secondary N) is 2. The molecule has 2 N–H and O–H groups in total. The second kappa shape index (κ2) is 9.54. The van der Waals surface area contributed by atoms with Crippen molar-refractivity contribution in [2.24, 2.45) is 4.99 Å². The Labute approximate surface area is 142 Å². The van der Waals surface area contributed by atoms with E-state index in [1.165, 1.54) is 0 Å². The molecular weight excluding hydrogens is 381 g/mol. The molecule has 0 bridgehead atoms. The number of rotatable bonds is 5. The Kier molecular flexibility index (Phi) is 8.03. The fourth-order valence-corrected chi connectivity index (χ4v) is 1.90. The van der Waals surface area contributed by atoms with Crippen molar-refractivity contribution in [2.45, 2.75) is 12.8 Å². The maximum atomic E-state index is 12.0. The molecule has 6 nitrogen and oxygen atoms in total. The molecule has 1 amide bonds. The van der Waals surface area contributed by atoms with Gasteiger partial charge in [0.15, 0.2) is 5.96 Å². The van der Waals surface area contributed by atoms with Crippen LogP contribution in [0.1, 0.15) is 12.1 Å². The van der Waals surface area contributed by atoms with Crippen molar-refractivity contribution in [3.63, 3.8) is 0 Å². The molecule has 0 spiro atoms. The normalized spacial score (nSPS) is 13.5. The van der Waals surface area contributed by atoms with Gasteiger partial charge in [-0.2, -0.15) is 0 Å². The SMILES string of the molecule is CN(CCc1ccccn1)C(=O)CNC1=NCCCN1.I. The van der Waals surface area contributed by atoms with E-state index in [0.29, 0.717) is 6.54 Å². The molecule has 7 heteroatoms. The Morgan fingerprint density at radius 1 is 1.48 bits per heavy atom. The summed E-state index contributed by atoms with van der Waals surface area (Å²) in [4.78, 5) is 22.2. The third kappa shape index (κ3) is 6.28. The molecule has 2 heterocycles. The lowest BCUT2D eigenvalue weighted by molar-refractivity contribution is -0.128. The van der Waals surface area contributed by atoms with Gasteiger partial charge in [0.1, 0.15) is 0 Å². The van der Waals surface area contributed by atoms with Crippen LogP contribution in [0.2, 0.25) is 0 Å². The maximum Gasteiger partial charge on any atom is 0.241 e. The topological polar surface area (TPSA) is 69.6 Å². The van der Waals surface area contributed by atoms with E-state index < -0.39 is 0 Å². The van der Waals surface area contributed by atoms with Crippen LogP contribution in [0.4, 0.5) is 0 Å². The van der Waals surface area contributed by atoms with E-state index in [1.807, 2.05) is 25.2 Å². The van der Waals surface area contributed by atoms with Gasteiger partial charge in [0, 0.05) is 45.0 Å². The fourth-order valence-electron chi connectivity index (χ4n) is 1.90. The molecule has 1 aromatic rings. The summed E-state index contributed by atoms with van der Waals surface area (Å²) in [7, 11) is 1.81. The average Bonchev–Trinajstić information content (AvgIpc) is 2.52. The van der Waals surface area contributed by atoms with Gasteiger partial charge in [-0.3, -0.25) is 14.8 Å². The van der Waals surface area contributed by atoms with Crippen LogP contribution in [0.25, 0.3) is 0 Å². The zero-order valence-electron chi connectivity index (χ0n) is 12.2. The number of halogens is 1. The van der Waals surface area contributed by atoms with Gasteiger partial charge in [-0.1, -0.05) is 6.07 Å². The van der Waals surface area contributed by atoms with Crippen LogP contribution in [-0.2, 0) is 11.2 Å². The number of nitrogens with zero attached hydrogens (tertiary/aromatic N) is 3. The molecule has 0 aliphatic carbocycles. The standard InChI is InChI=1S/C14H21N5O.HI/c1-19(10-6-12-5-2-3-7-15-12)13(20)11-18-14-16-8-4-9-17-14;/h2-3,5,7H,4,6,8-11H2,1H3,(H2,16,17,18);1H. The van der Waals surface area contributed by atoms with Gasteiger partial charge in [0.25, 0.3) is 0 Å². The summed E-state index contributed by atoms with van der Waals surface area (Å²) < 4.78 is 0. The Hall–Kier alpha value is -1.38. The number of hydrogen-bond donors (Lipinski definition) is 2. The highest BCUT2D eigenvalue weighted by Crippen LogP contribution is 1.96. The van der Waals surface area contributed by atoms with E-state index >= 15 is 0 Å². The number of carbonyl (C=O) groups is 1. The third-order valence-electron chi connectivity index (χ3n) is 3.16. The molecular formula is C14H22IN5O. The second-order valence-electron chi connectivity index (χ2n) is 4.75. The second-order valence-corrected chi connectivity index (χ2v) is 4.75. The molecule has 116 valence electrons. The van der Waals surface area contributed by atoms with Gasteiger partial charge in [-0.15, -0.1) is 24.0 Å². The predicted molar refractivity (Wildman–Crippen MR) is 93.9 cm³/mol. The Morgan fingerprint density at radius 2 is 2.33 bits per heavy atom. The Bertz CT molecular complexity index is 466. The van der Waals surface area contributed by atoms with Crippen molar-refractivity contribution in [3.8, 4) is 0 Å². The molecule has 1 aromatic heterocycles. The molecule has 1 aliphatic heterocycles. The van der Waals surface area contributed by atoms with E-state index in [9.17, 15) is 4.79 Å². The van der Waals surface area contributed by atoms with E-state index in [1.54, 1.807) is 11.1 Å². The van der Waals surface area contributed by atoms with E-state index in [2.05, 4.69) is 20.6 Å². The first-order valence-electron chi connectivity index (χ1n) is 6.92. The van der Waals surface area contributed by atoms with Crippen molar-refractivity contribution in [2.75, 3.05) is 33.2 Å². The fraction of sp³-hybridized carbons (Fsp3) is 0.500.